The first kappa shape index (κ1) is 19.4. The van der Waals surface area contributed by atoms with Crippen LogP contribution in [0.5, 0.6) is 0 Å². The largest absolute Gasteiger partial charge is 0.345 e. The molecule has 2 aromatic carbocycles. The molecule has 1 amide bonds. The van der Waals surface area contributed by atoms with Gasteiger partial charge in [0.25, 0.3) is 0 Å². The molecule has 0 aliphatic carbocycles. The lowest BCUT2D eigenvalue weighted by Gasteiger charge is -2.21. The first-order chi connectivity index (χ1) is 13.7. The Kier molecular flexibility index (Phi) is 6.64. The minimum absolute atomic E-state index is 0.0209. The van der Waals surface area contributed by atoms with Crippen LogP contribution in [0.3, 0.4) is 0 Å². The molecule has 0 unspecified atom stereocenters. The van der Waals surface area contributed by atoms with Gasteiger partial charge in [0.1, 0.15) is 0 Å². The van der Waals surface area contributed by atoms with Crippen LogP contribution in [0.25, 0.3) is 6.08 Å². The van der Waals surface area contributed by atoms with Crippen LogP contribution in [0.15, 0.2) is 91.7 Å². The van der Waals surface area contributed by atoms with Crippen molar-refractivity contribution < 1.29 is 4.79 Å². The van der Waals surface area contributed by atoms with E-state index in [1.807, 2.05) is 42.5 Å². The SMILES string of the molecule is C=CCN(Cc1cccn1Cc1ccccc1C)C(=O)/C=C/c1ccccc1. The average molecular weight is 370 g/mol. The van der Waals surface area contributed by atoms with Crippen molar-refractivity contribution in [2.24, 2.45) is 0 Å². The van der Waals surface area contributed by atoms with E-state index in [1.165, 1.54) is 11.1 Å². The molecule has 3 heteroatoms. The fraction of sp³-hybridized carbons (Fsp3) is 0.160. The molecular formula is C25H26N2O. The molecule has 0 aliphatic heterocycles. The number of nitrogens with zero attached hydrogens (tertiary/aromatic N) is 2. The number of carbonyl (C=O) groups is 1. The number of rotatable bonds is 8. The quantitative estimate of drug-likeness (QED) is 0.401. The molecule has 3 aromatic rings. The molecule has 142 valence electrons. The molecule has 3 nitrogen and oxygen atoms in total. The minimum atomic E-state index is -0.0209. The molecule has 0 saturated heterocycles. The molecule has 0 aliphatic rings. The van der Waals surface area contributed by atoms with Crippen LogP contribution in [0, 0.1) is 6.92 Å². The fourth-order valence-electron chi connectivity index (χ4n) is 3.14. The van der Waals surface area contributed by atoms with Crippen LogP contribution >= 0.6 is 0 Å². The Bertz CT molecular complexity index is 953. The normalized spacial score (nSPS) is 10.9. The molecule has 0 spiro atoms. The van der Waals surface area contributed by atoms with E-state index >= 15 is 0 Å². The van der Waals surface area contributed by atoms with Crippen LogP contribution in [-0.2, 0) is 17.9 Å². The molecule has 3 rings (SSSR count). The second-order valence-corrected chi connectivity index (χ2v) is 6.81. The number of carbonyl (C=O) groups excluding carboxylic acids is 1. The van der Waals surface area contributed by atoms with Crippen molar-refractivity contribution in [2.45, 2.75) is 20.0 Å². The molecule has 0 bridgehead atoms. The molecule has 1 aromatic heterocycles. The predicted molar refractivity (Wildman–Crippen MR) is 116 cm³/mol. The molecular weight excluding hydrogens is 344 g/mol. The molecule has 0 saturated carbocycles. The highest BCUT2D eigenvalue weighted by atomic mass is 16.2. The van der Waals surface area contributed by atoms with Crippen LogP contribution in [0.1, 0.15) is 22.4 Å². The van der Waals surface area contributed by atoms with Gasteiger partial charge >= 0.3 is 0 Å². The zero-order valence-electron chi connectivity index (χ0n) is 16.3. The lowest BCUT2D eigenvalue weighted by Crippen LogP contribution is -2.30. The van der Waals surface area contributed by atoms with E-state index in [1.54, 1.807) is 17.1 Å². The molecule has 0 atom stereocenters. The van der Waals surface area contributed by atoms with Gasteiger partial charge in [0.15, 0.2) is 0 Å². The van der Waals surface area contributed by atoms with E-state index in [0.717, 1.165) is 17.8 Å². The summed E-state index contributed by atoms with van der Waals surface area (Å²) in [5.41, 5.74) is 4.67. The number of hydrogen-bond donors (Lipinski definition) is 0. The first-order valence-electron chi connectivity index (χ1n) is 9.49. The monoisotopic (exact) mass is 370 g/mol. The summed E-state index contributed by atoms with van der Waals surface area (Å²) >= 11 is 0. The summed E-state index contributed by atoms with van der Waals surface area (Å²) in [6.45, 7) is 7.78. The van der Waals surface area contributed by atoms with E-state index < -0.39 is 0 Å². The van der Waals surface area contributed by atoms with Crippen molar-refractivity contribution in [1.29, 1.82) is 0 Å². The third kappa shape index (κ3) is 5.10. The van der Waals surface area contributed by atoms with Crippen LogP contribution in [0.4, 0.5) is 0 Å². The van der Waals surface area contributed by atoms with Gasteiger partial charge in [-0.2, -0.15) is 0 Å². The average Bonchev–Trinajstić information content (AvgIpc) is 3.15. The third-order valence-electron chi connectivity index (χ3n) is 4.76. The predicted octanol–water partition coefficient (Wildman–Crippen LogP) is 5.07. The Morgan fingerprint density at radius 2 is 1.79 bits per heavy atom. The van der Waals surface area contributed by atoms with E-state index in [9.17, 15) is 4.79 Å². The zero-order valence-corrected chi connectivity index (χ0v) is 16.3. The lowest BCUT2D eigenvalue weighted by molar-refractivity contribution is -0.126. The van der Waals surface area contributed by atoms with Gasteiger partial charge in [0.05, 0.1) is 6.54 Å². The Labute approximate surface area is 167 Å². The second-order valence-electron chi connectivity index (χ2n) is 6.81. The summed E-state index contributed by atoms with van der Waals surface area (Å²) in [6, 6.07) is 22.3. The van der Waals surface area contributed by atoms with Gasteiger partial charge < -0.3 is 9.47 Å². The maximum absolute atomic E-state index is 12.7. The van der Waals surface area contributed by atoms with Gasteiger partial charge in [0, 0.05) is 31.1 Å². The van der Waals surface area contributed by atoms with E-state index in [0.29, 0.717) is 13.1 Å². The molecule has 1 heterocycles. The van der Waals surface area contributed by atoms with Gasteiger partial charge in [-0.1, -0.05) is 60.7 Å². The molecule has 0 N–H and O–H groups in total. The smallest absolute Gasteiger partial charge is 0.247 e. The van der Waals surface area contributed by atoms with Crippen LogP contribution in [0.2, 0.25) is 0 Å². The highest BCUT2D eigenvalue weighted by molar-refractivity contribution is 5.91. The summed E-state index contributed by atoms with van der Waals surface area (Å²) in [7, 11) is 0. The van der Waals surface area contributed by atoms with Crippen molar-refractivity contribution in [3.05, 3.63) is 114 Å². The maximum Gasteiger partial charge on any atom is 0.247 e. The summed E-state index contributed by atoms with van der Waals surface area (Å²) < 4.78 is 2.20. The van der Waals surface area contributed by atoms with Gasteiger partial charge in [0.2, 0.25) is 5.91 Å². The number of aromatic nitrogens is 1. The Morgan fingerprint density at radius 1 is 1.04 bits per heavy atom. The highest BCUT2D eigenvalue weighted by Gasteiger charge is 2.13. The highest BCUT2D eigenvalue weighted by Crippen LogP contribution is 2.14. The van der Waals surface area contributed by atoms with Gasteiger partial charge in [-0.25, -0.2) is 0 Å². The summed E-state index contributed by atoms with van der Waals surface area (Å²) in [5.74, 6) is -0.0209. The van der Waals surface area contributed by atoms with Crippen LogP contribution in [-0.4, -0.2) is 21.9 Å². The van der Waals surface area contributed by atoms with Crippen molar-refractivity contribution in [1.82, 2.24) is 9.47 Å². The van der Waals surface area contributed by atoms with Crippen molar-refractivity contribution >= 4 is 12.0 Å². The van der Waals surface area contributed by atoms with Crippen molar-refractivity contribution in [3.63, 3.8) is 0 Å². The van der Waals surface area contributed by atoms with Gasteiger partial charge in [-0.15, -0.1) is 6.58 Å². The molecule has 0 radical (unpaired) electrons. The van der Waals surface area contributed by atoms with Gasteiger partial charge in [-0.3, -0.25) is 4.79 Å². The first-order valence-corrected chi connectivity index (χ1v) is 9.49. The van der Waals surface area contributed by atoms with Crippen LogP contribution < -0.4 is 0 Å². The summed E-state index contributed by atoms with van der Waals surface area (Å²) in [5, 5.41) is 0. The Balaban J connectivity index is 1.73. The van der Waals surface area contributed by atoms with Gasteiger partial charge in [-0.05, 0) is 41.8 Å². The minimum Gasteiger partial charge on any atom is -0.345 e. The van der Waals surface area contributed by atoms with E-state index in [-0.39, 0.29) is 5.91 Å². The third-order valence-corrected chi connectivity index (χ3v) is 4.76. The number of hydrogen-bond acceptors (Lipinski definition) is 1. The standard InChI is InChI=1S/C25H26N2O/c1-3-17-27(25(28)16-15-22-11-5-4-6-12-22)20-24-14-9-18-26(24)19-23-13-8-7-10-21(23)2/h3-16,18H,1,17,19-20H2,2H3/b16-15+. The van der Waals surface area contributed by atoms with E-state index in [2.05, 4.69) is 54.6 Å². The lowest BCUT2D eigenvalue weighted by atomic mass is 10.1. The number of aryl methyl sites for hydroxylation is 1. The fourth-order valence-corrected chi connectivity index (χ4v) is 3.14. The van der Waals surface area contributed by atoms with Crippen molar-refractivity contribution in [2.75, 3.05) is 6.54 Å². The molecule has 0 fully saturated rings. The van der Waals surface area contributed by atoms with Crippen molar-refractivity contribution in [3.8, 4) is 0 Å². The second kappa shape index (κ2) is 9.56. The summed E-state index contributed by atoms with van der Waals surface area (Å²) in [6.07, 6.45) is 7.32. The topological polar surface area (TPSA) is 25.2 Å². The molecule has 28 heavy (non-hydrogen) atoms. The number of amides is 1. The zero-order chi connectivity index (χ0) is 19.8. The summed E-state index contributed by atoms with van der Waals surface area (Å²) in [4.78, 5) is 14.5. The Hall–Kier alpha value is -3.33. The number of benzene rings is 2. The maximum atomic E-state index is 12.7. The Morgan fingerprint density at radius 3 is 2.54 bits per heavy atom. The van der Waals surface area contributed by atoms with E-state index in [4.69, 9.17) is 0 Å².